The average molecular weight is 298 g/mol. The van der Waals surface area contributed by atoms with Gasteiger partial charge >= 0.3 is 0 Å². The fraction of sp³-hybridized carbons (Fsp3) is 0.0588. The summed E-state index contributed by atoms with van der Waals surface area (Å²) in [5.74, 6) is 0.201. The van der Waals surface area contributed by atoms with E-state index in [-0.39, 0.29) is 11.4 Å². The van der Waals surface area contributed by atoms with E-state index < -0.39 is 0 Å². The lowest BCUT2D eigenvalue weighted by Gasteiger charge is -2.04. The van der Waals surface area contributed by atoms with Crippen LogP contribution in [0.25, 0.3) is 6.08 Å². The van der Waals surface area contributed by atoms with Gasteiger partial charge in [0.05, 0.1) is 7.11 Å². The number of hydrogen-bond acceptors (Lipinski definition) is 3. The lowest BCUT2D eigenvalue weighted by atomic mass is 10.0. The highest BCUT2D eigenvalue weighted by molar-refractivity contribution is 6.32. The third-order valence-electron chi connectivity index (χ3n) is 2.90. The van der Waals surface area contributed by atoms with E-state index in [1.165, 1.54) is 13.2 Å². The summed E-state index contributed by atoms with van der Waals surface area (Å²) in [6.45, 7) is 0. The summed E-state index contributed by atoms with van der Waals surface area (Å²) in [5.41, 5.74) is 1.05. The molecule has 0 spiro atoms. The predicted octanol–water partition coefficient (Wildman–Crippen LogP) is 4.14. The third-order valence-corrected chi connectivity index (χ3v) is 3.25. The number of Topliss-reactive ketones (excluding diaryl/α,β-unsaturated/α-hetero) is 1. The highest BCUT2D eigenvalue weighted by atomic mass is 35.5. The number of nitriles is 1. The van der Waals surface area contributed by atoms with Crippen molar-refractivity contribution in [2.75, 3.05) is 7.11 Å². The molecule has 0 radical (unpaired) electrons. The Bertz CT molecular complexity index is 744. The van der Waals surface area contributed by atoms with Crippen molar-refractivity contribution in [2.24, 2.45) is 0 Å². The molecule has 0 saturated heterocycles. The molecule has 0 unspecified atom stereocenters. The van der Waals surface area contributed by atoms with Crippen molar-refractivity contribution in [3.05, 3.63) is 70.3 Å². The standard InChI is InChI=1S/C17H12ClNO2/c1-21-15-7-4-6-13(10-15)17(20)14(11-19)9-12-5-2-3-8-16(12)18/h2-10H,1H3/b14-9+. The molecule has 0 aromatic heterocycles. The van der Waals surface area contributed by atoms with Crippen LogP contribution in [0.1, 0.15) is 15.9 Å². The van der Waals surface area contributed by atoms with E-state index in [1.54, 1.807) is 48.5 Å². The molecule has 0 N–H and O–H groups in total. The molecule has 0 aliphatic heterocycles. The number of halogens is 1. The van der Waals surface area contributed by atoms with Gasteiger partial charge in [0.15, 0.2) is 0 Å². The third kappa shape index (κ3) is 3.50. The van der Waals surface area contributed by atoms with Crippen molar-refractivity contribution in [1.82, 2.24) is 0 Å². The predicted molar refractivity (Wildman–Crippen MR) is 82.4 cm³/mol. The fourth-order valence-electron chi connectivity index (χ4n) is 1.82. The van der Waals surface area contributed by atoms with Crippen LogP contribution in [0, 0.1) is 11.3 Å². The quantitative estimate of drug-likeness (QED) is 0.484. The number of nitrogens with zero attached hydrogens (tertiary/aromatic N) is 1. The molecule has 3 nitrogen and oxygen atoms in total. The lowest BCUT2D eigenvalue weighted by molar-refractivity contribution is 0.103. The molecule has 0 heterocycles. The Hall–Kier alpha value is -2.57. The summed E-state index contributed by atoms with van der Waals surface area (Å²) in [6.07, 6.45) is 1.49. The van der Waals surface area contributed by atoms with Crippen LogP contribution in [0.2, 0.25) is 5.02 Å². The minimum Gasteiger partial charge on any atom is -0.497 e. The normalized spacial score (nSPS) is 10.8. The Morgan fingerprint density at radius 2 is 2.00 bits per heavy atom. The zero-order valence-electron chi connectivity index (χ0n) is 11.3. The Balaban J connectivity index is 2.40. The fourth-order valence-corrected chi connectivity index (χ4v) is 2.01. The summed E-state index contributed by atoms with van der Waals surface area (Å²) in [5, 5.41) is 9.71. The van der Waals surface area contributed by atoms with E-state index in [2.05, 4.69) is 0 Å². The molecular weight excluding hydrogens is 286 g/mol. The molecule has 2 rings (SSSR count). The minimum atomic E-state index is -0.365. The minimum absolute atomic E-state index is 0.0244. The molecule has 2 aromatic carbocycles. The van der Waals surface area contributed by atoms with Gasteiger partial charge in [-0.2, -0.15) is 5.26 Å². The number of carbonyl (C=O) groups excluding carboxylic acids is 1. The van der Waals surface area contributed by atoms with Crippen LogP contribution < -0.4 is 4.74 Å². The Morgan fingerprint density at radius 1 is 1.24 bits per heavy atom. The summed E-state index contributed by atoms with van der Waals surface area (Å²) in [6, 6.07) is 15.6. The molecule has 0 aliphatic rings. The van der Waals surface area contributed by atoms with E-state index in [0.717, 1.165) is 0 Å². The molecule has 0 bridgehead atoms. The van der Waals surface area contributed by atoms with Crippen molar-refractivity contribution >= 4 is 23.5 Å². The molecule has 0 fully saturated rings. The molecular formula is C17H12ClNO2. The SMILES string of the molecule is COc1cccc(C(=O)/C(C#N)=C/c2ccccc2Cl)c1. The maximum absolute atomic E-state index is 12.4. The van der Waals surface area contributed by atoms with Gasteiger partial charge in [-0.3, -0.25) is 4.79 Å². The number of carbonyl (C=O) groups is 1. The Morgan fingerprint density at radius 3 is 2.67 bits per heavy atom. The summed E-state index contributed by atoms with van der Waals surface area (Å²) < 4.78 is 5.08. The van der Waals surface area contributed by atoms with Crippen molar-refractivity contribution < 1.29 is 9.53 Å². The number of benzene rings is 2. The molecule has 2 aromatic rings. The van der Waals surface area contributed by atoms with Gasteiger partial charge in [0, 0.05) is 10.6 Å². The monoisotopic (exact) mass is 297 g/mol. The summed E-state index contributed by atoms with van der Waals surface area (Å²) in [4.78, 5) is 12.4. The molecule has 4 heteroatoms. The molecule has 0 amide bonds. The highest BCUT2D eigenvalue weighted by Gasteiger charge is 2.13. The zero-order valence-corrected chi connectivity index (χ0v) is 12.1. The number of ether oxygens (including phenoxy) is 1. The van der Waals surface area contributed by atoms with Gasteiger partial charge in [0.1, 0.15) is 17.4 Å². The van der Waals surface area contributed by atoms with Crippen LogP contribution in [-0.2, 0) is 0 Å². The van der Waals surface area contributed by atoms with E-state index in [0.29, 0.717) is 21.9 Å². The number of allylic oxidation sites excluding steroid dienone is 1. The Labute approximate surface area is 128 Å². The second-order valence-corrected chi connectivity index (χ2v) is 4.66. The van der Waals surface area contributed by atoms with Crippen LogP contribution in [-0.4, -0.2) is 12.9 Å². The van der Waals surface area contributed by atoms with Crippen LogP contribution in [0.4, 0.5) is 0 Å². The van der Waals surface area contributed by atoms with E-state index in [9.17, 15) is 10.1 Å². The van der Waals surface area contributed by atoms with Gasteiger partial charge in [-0.15, -0.1) is 0 Å². The molecule has 104 valence electrons. The van der Waals surface area contributed by atoms with E-state index >= 15 is 0 Å². The number of rotatable bonds is 4. The topological polar surface area (TPSA) is 50.1 Å². The van der Waals surface area contributed by atoms with Gasteiger partial charge in [-0.1, -0.05) is 41.9 Å². The second-order valence-electron chi connectivity index (χ2n) is 4.25. The summed E-state index contributed by atoms with van der Waals surface area (Å²) >= 11 is 6.04. The van der Waals surface area contributed by atoms with Crippen molar-refractivity contribution in [1.29, 1.82) is 5.26 Å². The number of hydrogen-bond donors (Lipinski definition) is 0. The smallest absolute Gasteiger partial charge is 0.203 e. The first-order valence-electron chi connectivity index (χ1n) is 6.21. The van der Waals surface area contributed by atoms with Crippen molar-refractivity contribution in [3.8, 4) is 11.8 Å². The summed E-state index contributed by atoms with van der Waals surface area (Å²) in [7, 11) is 1.52. The molecule has 0 aliphatic carbocycles. The van der Waals surface area contributed by atoms with Gasteiger partial charge in [0.25, 0.3) is 0 Å². The van der Waals surface area contributed by atoms with E-state index in [1.807, 2.05) is 6.07 Å². The van der Waals surface area contributed by atoms with E-state index in [4.69, 9.17) is 16.3 Å². The second kappa shape index (κ2) is 6.74. The van der Waals surface area contributed by atoms with Crippen LogP contribution in [0.5, 0.6) is 5.75 Å². The molecule has 21 heavy (non-hydrogen) atoms. The highest BCUT2D eigenvalue weighted by Crippen LogP contribution is 2.21. The molecule has 0 saturated carbocycles. The first-order valence-corrected chi connectivity index (χ1v) is 6.58. The first-order chi connectivity index (χ1) is 10.2. The first kappa shape index (κ1) is 14.8. The van der Waals surface area contributed by atoms with Crippen LogP contribution in [0.15, 0.2) is 54.1 Å². The van der Waals surface area contributed by atoms with Gasteiger partial charge in [-0.05, 0) is 29.8 Å². The molecule has 0 atom stereocenters. The largest absolute Gasteiger partial charge is 0.497 e. The van der Waals surface area contributed by atoms with Gasteiger partial charge in [-0.25, -0.2) is 0 Å². The van der Waals surface area contributed by atoms with Crippen molar-refractivity contribution in [2.45, 2.75) is 0 Å². The van der Waals surface area contributed by atoms with Gasteiger partial charge in [0.2, 0.25) is 5.78 Å². The number of ketones is 1. The lowest BCUT2D eigenvalue weighted by Crippen LogP contribution is -2.02. The average Bonchev–Trinajstić information content (AvgIpc) is 2.53. The maximum Gasteiger partial charge on any atom is 0.203 e. The maximum atomic E-state index is 12.4. The Kier molecular flexibility index (Phi) is 4.76. The van der Waals surface area contributed by atoms with Crippen molar-refractivity contribution in [3.63, 3.8) is 0 Å². The number of methoxy groups -OCH3 is 1. The van der Waals surface area contributed by atoms with Crippen LogP contribution in [0.3, 0.4) is 0 Å². The van der Waals surface area contributed by atoms with Gasteiger partial charge < -0.3 is 4.74 Å². The zero-order chi connectivity index (χ0) is 15.2. The van der Waals surface area contributed by atoms with Crippen LogP contribution >= 0.6 is 11.6 Å².